The lowest BCUT2D eigenvalue weighted by molar-refractivity contribution is -0.117. The van der Waals surface area contributed by atoms with E-state index in [4.69, 9.17) is 5.11 Å². The maximum Gasteiger partial charge on any atom is 0.246 e. The van der Waals surface area contributed by atoms with Crippen LogP contribution in [0.3, 0.4) is 0 Å². The molecule has 14 heavy (non-hydrogen) atoms. The molecule has 3 heteroatoms. The lowest BCUT2D eigenvalue weighted by Crippen LogP contribution is -2.25. The zero-order valence-electron chi connectivity index (χ0n) is 9.34. The summed E-state index contributed by atoms with van der Waals surface area (Å²) in [5.74, 6) is -0.00237. The smallest absolute Gasteiger partial charge is 0.246 e. The number of carbonyl (C=O) groups excluding carboxylic acids is 1. The Labute approximate surface area is 86.2 Å². The van der Waals surface area contributed by atoms with Crippen LogP contribution < -0.4 is 5.32 Å². The van der Waals surface area contributed by atoms with Crippen molar-refractivity contribution in [3.05, 3.63) is 11.6 Å². The van der Waals surface area contributed by atoms with Gasteiger partial charge < -0.3 is 10.4 Å². The summed E-state index contributed by atoms with van der Waals surface area (Å²) in [5, 5.41) is 11.8. The van der Waals surface area contributed by atoms with Crippen molar-refractivity contribution in [1.29, 1.82) is 0 Å². The quantitative estimate of drug-likeness (QED) is 0.504. The minimum atomic E-state index is -0.279. The molecule has 0 aromatic rings. The molecule has 2 N–H and O–H groups in total. The monoisotopic (exact) mass is 199 g/mol. The van der Waals surface area contributed by atoms with Crippen LogP contribution in [-0.4, -0.2) is 23.7 Å². The maximum absolute atomic E-state index is 11.3. The van der Waals surface area contributed by atoms with E-state index in [1.54, 1.807) is 6.92 Å². The lowest BCUT2D eigenvalue weighted by Gasteiger charge is -2.06. The molecule has 0 aromatic carbocycles. The normalized spacial score (nSPS) is 13.9. The van der Waals surface area contributed by atoms with Crippen molar-refractivity contribution in [3.63, 3.8) is 0 Å². The van der Waals surface area contributed by atoms with Crippen molar-refractivity contribution in [2.24, 2.45) is 0 Å². The lowest BCUT2D eigenvalue weighted by atomic mass is 10.2. The molecule has 0 aliphatic heterocycles. The Kier molecular flexibility index (Phi) is 7.11. The highest BCUT2D eigenvalue weighted by atomic mass is 16.3. The van der Waals surface area contributed by atoms with Crippen molar-refractivity contribution >= 4 is 5.91 Å². The second kappa shape index (κ2) is 7.56. The number of aliphatic hydroxyl groups is 1. The van der Waals surface area contributed by atoms with E-state index in [2.05, 4.69) is 5.32 Å². The first-order chi connectivity index (χ1) is 6.57. The molecule has 0 aliphatic carbocycles. The molecule has 0 heterocycles. The maximum atomic E-state index is 11.3. The van der Waals surface area contributed by atoms with Crippen molar-refractivity contribution in [2.45, 2.75) is 46.1 Å². The molecule has 1 unspecified atom stereocenters. The Morgan fingerprint density at radius 3 is 2.71 bits per heavy atom. The summed E-state index contributed by atoms with van der Waals surface area (Å²) in [4.78, 5) is 11.3. The Morgan fingerprint density at radius 2 is 2.21 bits per heavy atom. The van der Waals surface area contributed by atoms with Gasteiger partial charge in [0.15, 0.2) is 0 Å². The molecule has 1 amide bonds. The summed E-state index contributed by atoms with van der Waals surface area (Å²) in [7, 11) is 0. The molecule has 0 radical (unpaired) electrons. The molecule has 0 aliphatic rings. The van der Waals surface area contributed by atoms with Crippen LogP contribution in [0.2, 0.25) is 0 Å². The molecule has 3 nitrogen and oxygen atoms in total. The highest BCUT2D eigenvalue weighted by Crippen LogP contribution is 1.97. The van der Waals surface area contributed by atoms with Gasteiger partial charge in [0.1, 0.15) is 0 Å². The molecule has 0 bridgehead atoms. The third-order valence-electron chi connectivity index (χ3n) is 1.95. The average molecular weight is 199 g/mol. The van der Waals surface area contributed by atoms with Gasteiger partial charge in [0, 0.05) is 12.1 Å². The van der Waals surface area contributed by atoms with Crippen LogP contribution in [0.25, 0.3) is 0 Å². The molecule has 0 saturated carbocycles. The van der Waals surface area contributed by atoms with E-state index in [1.807, 2.05) is 19.9 Å². The first kappa shape index (κ1) is 13.2. The average Bonchev–Trinajstić information content (AvgIpc) is 2.12. The van der Waals surface area contributed by atoms with Crippen molar-refractivity contribution in [3.8, 4) is 0 Å². The summed E-state index contributed by atoms with van der Waals surface area (Å²) in [5.41, 5.74) is 0.768. The number of hydrogen-bond donors (Lipinski definition) is 2. The first-order valence-electron chi connectivity index (χ1n) is 5.21. The van der Waals surface area contributed by atoms with Crippen LogP contribution in [0, 0.1) is 0 Å². The second-order valence-electron chi connectivity index (χ2n) is 3.54. The van der Waals surface area contributed by atoms with Gasteiger partial charge in [0.2, 0.25) is 5.91 Å². The van der Waals surface area contributed by atoms with Crippen LogP contribution in [0.5, 0.6) is 0 Å². The molecule has 0 aromatic heterocycles. The van der Waals surface area contributed by atoms with Gasteiger partial charge in [0.05, 0.1) is 6.10 Å². The number of allylic oxidation sites excluding steroid dienone is 1. The zero-order chi connectivity index (χ0) is 11.0. The predicted molar refractivity (Wildman–Crippen MR) is 58.0 cm³/mol. The Bertz CT molecular complexity index is 197. The van der Waals surface area contributed by atoms with Gasteiger partial charge >= 0.3 is 0 Å². The van der Waals surface area contributed by atoms with Crippen LogP contribution >= 0.6 is 0 Å². The Balaban J connectivity index is 3.59. The van der Waals surface area contributed by atoms with Crippen LogP contribution in [0.4, 0.5) is 0 Å². The molecule has 0 saturated heterocycles. The first-order valence-corrected chi connectivity index (χ1v) is 5.21. The topological polar surface area (TPSA) is 49.3 Å². The Hall–Kier alpha value is -0.830. The number of hydrogen-bond acceptors (Lipinski definition) is 2. The van der Waals surface area contributed by atoms with E-state index >= 15 is 0 Å². The number of amides is 1. The van der Waals surface area contributed by atoms with Gasteiger partial charge in [-0.1, -0.05) is 13.0 Å². The summed E-state index contributed by atoms with van der Waals surface area (Å²) in [6.07, 6.45) is 4.07. The van der Waals surface area contributed by atoms with Gasteiger partial charge in [-0.25, -0.2) is 0 Å². The van der Waals surface area contributed by atoms with Gasteiger partial charge in [0.25, 0.3) is 0 Å². The van der Waals surface area contributed by atoms with Crippen molar-refractivity contribution in [1.82, 2.24) is 5.32 Å². The Morgan fingerprint density at radius 1 is 1.57 bits per heavy atom. The van der Waals surface area contributed by atoms with Gasteiger partial charge in [-0.15, -0.1) is 0 Å². The third kappa shape index (κ3) is 6.66. The van der Waals surface area contributed by atoms with E-state index in [0.717, 1.165) is 24.8 Å². The predicted octanol–water partition coefficient (Wildman–Crippen LogP) is 1.62. The summed E-state index contributed by atoms with van der Waals surface area (Å²) < 4.78 is 0. The summed E-state index contributed by atoms with van der Waals surface area (Å²) in [6.45, 7) is 6.21. The van der Waals surface area contributed by atoms with Crippen molar-refractivity contribution < 1.29 is 9.90 Å². The minimum absolute atomic E-state index is 0.00237. The molecule has 1 atom stereocenters. The fourth-order valence-electron chi connectivity index (χ4n) is 1.14. The van der Waals surface area contributed by atoms with E-state index in [0.29, 0.717) is 6.54 Å². The van der Waals surface area contributed by atoms with E-state index in [-0.39, 0.29) is 12.0 Å². The van der Waals surface area contributed by atoms with E-state index < -0.39 is 0 Å². The van der Waals surface area contributed by atoms with Gasteiger partial charge in [-0.05, 0) is 33.1 Å². The van der Waals surface area contributed by atoms with Gasteiger partial charge in [-0.3, -0.25) is 4.79 Å². The van der Waals surface area contributed by atoms with Crippen LogP contribution in [-0.2, 0) is 4.79 Å². The molecule has 0 rings (SSSR count). The fourth-order valence-corrected chi connectivity index (χ4v) is 1.14. The number of nitrogens with one attached hydrogen (secondary N) is 1. The van der Waals surface area contributed by atoms with Gasteiger partial charge in [-0.2, -0.15) is 0 Å². The molecular weight excluding hydrogens is 178 g/mol. The third-order valence-corrected chi connectivity index (χ3v) is 1.95. The van der Waals surface area contributed by atoms with E-state index in [9.17, 15) is 4.79 Å². The minimum Gasteiger partial charge on any atom is -0.393 e. The fraction of sp³-hybridized carbons (Fsp3) is 0.727. The molecule has 0 spiro atoms. The zero-order valence-corrected chi connectivity index (χ0v) is 9.34. The number of aliphatic hydroxyl groups excluding tert-OH is 1. The molecule has 82 valence electrons. The van der Waals surface area contributed by atoms with E-state index in [1.165, 1.54) is 0 Å². The second-order valence-corrected chi connectivity index (χ2v) is 3.54. The SMILES string of the molecule is CC/C=C(/C)C(=O)NCCCC(C)O. The molecule has 0 fully saturated rings. The molecular formula is C11H21NO2. The van der Waals surface area contributed by atoms with Crippen molar-refractivity contribution in [2.75, 3.05) is 6.54 Å². The summed E-state index contributed by atoms with van der Waals surface area (Å²) >= 11 is 0. The summed E-state index contributed by atoms with van der Waals surface area (Å²) in [6, 6.07) is 0. The highest BCUT2D eigenvalue weighted by Gasteiger charge is 2.02. The van der Waals surface area contributed by atoms with Crippen LogP contribution in [0.15, 0.2) is 11.6 Å². The largest absolute Gasteiger partial charge is 0.393 e. The van der Waals surface area contributed by atoms with Crippen LogP contribution in [0.1, 0.15) is 40.0 Å². The number of rotatable bonds is 6. The number of carbonyl (C=O) groups is 1. The highest BCUT2D eigenvalue weighted by molar-refractivity contribution is 5.92. The standard InChI is InChI=1S/C11H21NO2/c1-4-6-9(2)11(14)12-8-5-7-10(3)13/h6,10,13H,4-5,7-8H2,1-3H3,(H,12,14)/b9-6-.